The third-order valence-electron chi connectivity index (χ3n) is 2.72. The van der Waals surface area contributed by atoms with Gasteiger partial charge in [-0.2, -0.15) is 4.48 Å². The minimum absolute atomic E-state index is 0.0475. The highest BCUT2D eigenvalue weighted by atomic mass is 16.2. The maximum atomic E-state index is 11.9. The number of benzene rings is 1. The standard InChI is InChI=1S/C11H12NO2/c1-12(2)10(13)7-8-5-3-4-6-9(8)11(12)14/h3-6H,7H2,1-2H3/q+1. The predicted octanol–water partition coefficient (Wildman–Crippen LogP) is 0.986. The van der Waals surface area contributed by atoms with E-state index in [2.05, 4.69) is 0 Å². The first-order valence-electron chi connectivity index (χ1n) is 4.53. The summed E-state index contributed by atoms with van der Waals surface area (Å²) in [4.78, 5) is 23.5. The van der Waals surface area contributed by atoms with Crippen molar-refractivity contribution in [2.75, 3.05) is 14.1 Å². The van der Waals surface area contributed by atoms with Crippen LogP contribution in [0.4, 0.5) is 0 Å². The molecule has 0 saturated carbocycles. The number of hydrogen-bond acceptors (Lipinski definition) is 2. The zero-order chi connectivity index (χ0) is 10.3. The molecule has 1 aromatic rings. The normalized spacial score (nSPS) is 19.3. The van der Waals surface area contributed by atoms with Crippen molar-refractivity contribution in [2.24, 2.45) is 0 Å². The van der Waals surface area contributed by atoms with Crippen molar-refractivity contribution in [1.82, 2.24) is 0 Å². The van der Waals surface area contributed by atoms with Crippen LogP contribution in [0, 0.1) is 0 Å². The van der Waals surface area contributed by atoms with Gasteiger partial charge < -0.3 is 0 Å². The molecule has 72 valence electrons. The molecule has 0 aliphatic carbocycles. The van der Waals surface area contributed by atoms with Crippen molar-refractivity contribution < 1.29 is 14.1 Å². The Balaban J connectivity index is 2.61. The van der Waals surface area contributed by atoms with Crippen LogP contribution in [0.5, 0.6) is 0 Å². The number of likely N-dealkylation sites (N-methyl/N-ethyl adjacent to an activating group) is 1. The van der Waals surface area contributed by atoms with E-state index < -0.39 is 0 Å². The fourth-order valence-electron chi connectivity index (χ4n) is 1.66. The number of amides is 2. The highest BCUT2D eigenvalue weighted by Gasteiger charge is 2.41. The van der Waals surface area contributed by atoms with Gasteiger partial charge in [0, 0.05) is 0 Å². The topological polar surface area (TPSA) is 34.1 Å². The lowest BCUT2D eigenvalue weighted by Crippen LogP contribution is -2.54. The first-order chi connectivity index (χ1) is 6.53. The SMILES string of the molecule is C[N+]1(C)C(=O)Cc2ccccc2C1=O. The summed E-state index contributed by atoms with van der Waals surface area (Å²) in [6.07, 6.45) is 0.356. The first kappa shape index (κ1) is 9.09. The van der Waals surface area contributed by atoms with Crippen molar-refractivity contribution >= 4 is 11.8 Å². The number of rotatable bonds is 0. The third-order valence-corrected chi connectivity index (χ3v) is 2.72. The van der Waals surface area contributed by atoms with Gasteiger partial charge in [0.05, 0.1) is 26.1 Å². The zero-order valence-corrected chi connectivity index (χ0v) is 8.28. The number of imide groups is 1. The van der Waals surface area contributed by atoms with Crippen LogP contribution in [0.2, 0.25) is 0 Å². The summed E-state index contributed by atoms with van der Waals surface area (Å²) >= 11 is 0. The summed E-state index contributed by atoms with van der Waals surface area (Å²) in [5.74, 6) is -0.162. The van der Waals surface area contributed by atoms with E-state index in [1.54, 1.807) is 20.2 Å². The molecule has 3 nitrogen and oxygen atoms in total. The molecule has 1 aromatic carbocycles. The number of fused-ring (bicyclic) bond motifs is 1. The number of hydrogen-bond donors (Lipinski definition) is 0. The fraction of sp³-hybridized carbons (Fsp3) is 0.273. The summed E-state index contributed by atoms with van der Waals surface area (Å²) < 4.78 is -0.170. The van der Waals surface area contributed by atoms with Gasteiger partial charge in [-0.15, -0.1) is 0 Å². The molecule has 2 amide bonds. The molecule has 1 heterocycles. The van der Waals surface area contributed by atoms with E-state index >= 15 is 0 Å². The van der Waals surface area contributed by atoms with Gasteiger partial charge in [0.25, 0.3) is 0 Å². The lowest BCUT2D eigenvalue weighted by atomic mass is 9.97. The molecule has 3 heteroatoms. The summed E-state index contributed by atoms with van der Waals surface area (Å²) in [5.41, 5.74) is 1.53. The molecule has 0 saturated heterocycles. The minimum Gasteiger partial charge on any atom is -0.230 e. The van der Waals surface area contributed by atoms with E-state index in [0.29, 0.717) is 12.0 Å². The average Bonchev–Trinajstić information content (AvgIpc) is 2.15. The maximum absolute atomic E-state index is 11.9. The van der Waals surface area contributed by atoms with Gasteiger partial charge in [0.1, 0.15) is 0 Å². The Bertz CT molecular complexity index is 421. The van der Waals surface area contributed by atoms with Crippen LogP contribution in [0.1, 0.15) is 15.9 Å². The molecule has 0 atom stereocenters. The first-order valence-corrected chi connectivity index (χ1v) is 4.53. The Hall–Kier alpha value is -1.48. The third kappa shape index (κ3) is 1.09. The summed E-state index contributed by atoms with van der Waals surface area (Å²) in [6, 6.07) is 7.30. The molecule has 0 bridgehead atoms. The van der Waals surface area contributed by atoms with Crippen LogP contribution in [-0.2, 0) is 11.2 Å². The van der Waals surface area contributed by atoms with Crippen molar-refractivity contribution in [2.45, 2.75) is 6.42 Å². The summed E-state index contributed by atoms with van der Waals surface area (Å²) in [6.45, 7) is 0. The van der Waals surface area contributed by atoms with Crippen LogP contribution in [0.25, 0.3) is 0 Å². The van der Waals surface area contributed by atoms with Crippen LogP contribution in [0.15, 0.2) is 24.3 Å². The smallest absolute Gasteiger partial charge is 0.230 e. The van der Waals surface area contributed by atoms with Gasteiger partial charge in [0.15, 0.2) is 0 Å². The lowest BCUT2D eigenvalue weighted by Gasteiger charge is -2.28. The monoisotopic (exact) mass is 190 g/mol. The number of carbonyl (C=O) groups is 2. The van der Waals surface area contributed by atoms with E-state index in [1.165, 1.54) is 0 Å². The average molecular weight is 190 g/mol. The van der Waals surface area contributed by atoms with Gasteiger partial charge in [-0.3, -0.25) is 0 Å². The Kier molecular flexibility index (Phi) is 1.79. The molecule has 0 radical (unpaired) electrons. The van der Waals surface area contributed by atoms with Crippen LogP contribution in [-0.4, -0.2) is 30.4 Å². The van der Waals surface area contributed by atoms with Gasteiger partial charge in [0.2, 0.25) is 0 Å². The molecule has 1 aliphatic heterocycles. The van der Waals surface area contributed by atoms with Crippen LogP contribution < -0.4 is 0 Å². The van der Waals surface area contributed by atoms with Crippen LogP contribution >= 0.6 is 0 Å². The highest BCUT2D eigenvalue weighted by molar-refractivity contribution is 6.01. The Morgan fingerprint density at radius 3 is 2.50 bits per heavy atom. The molecule has 0 fully saturated rings. The fourth-order valence-corrected chi connectivity index (χ4v) is 1.66. The molecule has 0 unspecified atom stereocenters. The molecule has 1 aliphatic rings. The quantitative estimate of drug-likeness (QED) is 0.451. The maximum Gasteiger partial charge on any atom is 0.353 e. The number of quaternary nitrogens is 1. The van der Waals surface area contributed by atoms with E-state index in [4.69, 9.17) is 0 Å². The number of nitrogens with zero attached hydrogens (tertiary/aromatic N) is 1. The van der Waals surface area contributed by atoms with Crippen molar-refractivity contribution in [3.63, 3.8) is 0 Å². The zero-order valence-electron chi connectivity index (χ0n) is 8.28. The Morgan fingerprint density at radius 2 is 1.79 bits per heavy atom. The van der Waals surface area contributed by atoms with E-state index in [-0.39, 0.29) is 16.3 Å². The van der Waals surface area contributed by atoms with Gasteiger partial charge in [-0.1, -0.05) is 18.2 Å². The Morgan fingerprint density at radius 1 is 1.14 bits per heavy atom. The lowest BCUT2D eigenvalue weighted by molar-refractivity contribution is -0.729. The molecule has 2 rings (SSSR count). The molecular weight excluding hydrogens is 178 g/mol. The molecular formula is C11H12NO2+. The van der Waals surface area contributed by atoms with Gasteiger partial charge in [-0.25, -0.2) is 9.59 Å². The second kappa shape index (κ2) is 2.75. The van der Waals surface area contributed by atoms with E-state index in [0.717, 1.165) is 5.56 Å². The molecule has 0 spiro atoms. The van der Waals surface area contributed by atoms with Crippen molar-refractivity contribution in [3.05, 3.63) is 35.4 Å². The number of carbonyl (C=O) groups excluding carboxylic acids is 2. The molecule has 0 aromatic heterocycles. The second-order valence-corrected chi connectivity index (χ2v) is 3.99. The van der Waals surface area contributed by atoms with Crippen molar-refractivity contribution in [1.29, 1.82) is 0 Å². The predicted molar refractivity (Wildman–Crippen MR) is 51.6 cm³/mol. The summed E-state index contributed by atoms with van der Waals surface area (Å²) in [7, 11) is 3.28. The molecule has 14 heavy (non-hydrogen) atoms. The largest absolute Gasteiger partial charge is 0.353 e. The highest BCUT2D eigenvalue weighted by Crippen LogP contribution is 2.22. The van der Waals surface area contributed by atoms with E-state index in [1.807, 2.05) is 18.2 Å². The minimum atomic E-state index is -0.170. The molecule has 0 N–H and O–H groups in total. The van der Waals surface area contributed by atoms with Gasteiger partial charge in [-0.05, 0) is 11.6 Å². The van der Waals surface area contributed by atoms with Crippen molar-refractivity contribution in [3.8, 4) is 0 Å². The van der Waals surface area contributed by atoms with Gasteiger partial charge >= 0.3 is 11.8 Å². The van der Waals surface area contributed by atoms with E-state index in [9.17, 15) is 9.59 Å². The Labute approximate surface area is 82.5 Å². The second-order valence-electron chi connectivity index (χ2n) is 3.99. The van der Waals surface area contributed by atoms with Crippen LogP contribution in [0.3, 0.4) is 0 Å². The summed E-state index contributed by atoms with van der Waals surface area (Å²) in [5, 5.41) is 0.